The third kappa shape index (κ3) is 5.21. The van der Waals surface area contributed by atoms with Crippen LogP contribution in [0.1, 0.15) is 39.3 Å². The third-order valence-corrected chi connectivity index (χ3v) is 2.75. The van der Waals surface area contributed by atoms with Crippen LogP contribution in [0.15, 0.2) is 24.3 Å². The van der Waals surface area contributed by atoms with E-state index in [1.165, 1.54) is 7.11 Å². The van der Waals surface area contributed by atoms with E-state index in [1.54, 1.807) is 0 Å². The molecule has 1 unspecified atom stereocenters. The average Bonchev–Trinajstić information content (AvgIpc) is 2.39. The lowest BCUT2D eigenvalue weighted by molar-refractivity contribution is -0.143. The molecule has 0 aliphatic carbocycles. The van der Waals surface area contributed by atoms with Gasteiger partial charge in [-0.3, -0.25) is 0 Å². The van der Waals surface area contributed by atoms with E-state index in [0.29, 0.717) is 5.92 Å². The first-order valence-corrected chi connectivity index (χ1v) is 7.01. The van der Waals surface area contributed by atoms with Crippen LogP contribution in [-0.4, -0.2) is 25.7 Å². The smallest absolute Gasteiger partial charge is 0.327 e. The van der Waals surface area contributed by atoms with E-state index in [4.69, 9.17) is 9.47 Å². The molecule has 1 aromatic carbocycles. The lowest BCUT2D eigenvalue weighted by Crippen LogP contribution is -2.32. The lowest BCUT2D eigenvalue weighted by Gasteiger charge is -2.19. The Labute approximate surface area is 121 Å². The summed E-state index contributed by atoms with van der Waals surface area (Å²) in [5.41, 5.74) is 0.883. The number of hydrogen-bond acceptors (Lipinski definition) is 4. The Hall–Kier alpha value is -1.55. The molecule has 0 heterocycles. The molecular formula is C16H25NO3. The first-order valence-electron chi connectivity index (χ1n) is 7.01. The van der Waals surface area contributed by atoms with Crippen molar-refractivity contribution in [3.63, 3.8) is 0 Å². The van der Waals surface area contributed by atoms with Gasteiger partial charge in [0.05, 0.1) is 13.2 Å². The standard InChI is InChI=1S/C16H25NO3/c1-11(2)10-17-15(16(18)19-5)13-6-8-14(9-7-13)20-12(3)4/h6-9,11-12,15,17H,10H2,1-5H3. The predicted octanol–water partition coefficient (Wildman–Crippen LogP) is 2.93. The second-order valence-electron chi connectivity index (χ2n) is 5.49. The predicted molar refractivity (Wildman–Crippen MR) is 79.8 cm³/mol. The van der Waals surface area contributed by atoms with Crippen molar-refractivity contribution in [2.75, 3.05) is 13.7 Å². The van der Waals surface area contributed by atoms with Crippen LogP contribution in [0.4, 0.5) is 0 Å². The molecule has 1 N–H and O–H groups in total. The largest absolute Gasteiger partial charge is 0.491 e. The average molecular weight is 279 g/mol. The van der Waals surface area contributed by atoms with Gasteiger partial charge in [0.15, 0.2) is 0 Å². The summed E-state index contributed by atoms with van der Waals surface area (Å²) in [5.74, 6) is 0.991. The quantitative estimate of drug-likeness (QED) is 0.780. The molecule has 20 heavy (non-hydrogen) atoms. The van der Waals surface area contributed by atoms with Crippen molar-refractivity contribution in [3.05, 3.63) is 29.8 Å². The fraction of sp³-hybridized carbons (Fsp3) is 0.562. The summed E-state index contributed by atoms with van der Waals surface area (Å²) >= 11 is 0. The van der Waals surface area contributed by atoms with Gasteiger partial charge in [0.25, 0.3) is 0 Å². The Morgan fingerprint density at radius 3 is 2.20 bits per heavy atom. The second-order valence-corrected chi connectivity index (χ2v) is 5.49. The van der Waals surface area contributed by atoms with Gasteiger partial charge in [-0.25, -0.2) is 4.79 Å². The zero-order valence-corrected chi connectivity index (χ0v) is 13.0. The highest BCUT2D eigenvalue weighted by atomic mass is 16.5. The molecule has 0 saturated carbocycles. The molecule has 1 atom stereocenters. The number of rotatable bonds is 7. The van der Waals surface area contributed by atoms with Crippen LogP contribution in [0.25, 0.3) is 0 Å². The first-order chi connectivity index (χ1) is 9.43. The summed E-state index contributed by atoms with van der Waals surface area (Å²) in [4.78, 5) is 11.9. The zero-order valence-electron chi connectivity index (χ0n) is 13.0. The molecule has 0 saturated heterocycles. The molecule has 112 valence electrons. The van der Waals surface area contributed by atoms with Crippen molar-refractivity contribution in [1.82, 2.24) is 5.32 Å². The van der Waals surface area contributed by atoms with Gasteiger partial charge in [0.2, 0.25) is 0 Å². The maximum Gasteiger partial charge on any atom is 0.327 e. The molecule has 4 heteroatoms. The number of carbonyl (C=O) groups excluding carboxylic acids is 1. The molecule has 0 aliphatic heterocycles. The fourth-order valence-corrected chi connectivity index (χ4v) is 1.82. The highest BCUT2D eigenvalue weighted by molar-refractivity contribution is 5.77. The number of carbonyl (C=O) groups is 1. The molecule has 4 nitrogen and oxygen atoms in total. The highest BCUT2D eigenvalue weighted by Crippen LogP contribution is 2.20. The summed E-state index contributed by atoms with van der Waals surface area (Å²) in [5, 5.41) is 3.23. The Morgan fingerprint density at radius 1 is 1.15 bits per heavy atom. The van der Waals surface area contributed by atoms with E-state index in [2.05, 4.69) is 19.2 Å². The first kappa shape index (κ1) is 16.5. The van der Waals surface area contributed by atoms with Crippen LogP contribution in [0.2, 0.25) is 0 Å². The molecule has 0 bridgehead atoms. The maximum absolute atomic E-state index is 11.9. The van der Waals surface area contributed by atoms with E-state index in [9.17, 15) is 4.79 Å². The molecule has 0 radical (unpaired) electrons. The van der Waals surface area contributed by atoms with E-state index in [0.717, 1.165) is 17.9 Å². The molecule has 0 fully saturated rings. The second kappa shape index (κ2) is 7.90. The van der Waals surface area contributed by atoms with Crippen LogP contribution in [0.3, 0.4) is 0 Å². The molecule has 0 aromatic heterocycles. The van der Waals surface area contributed by atoms with Crippen molar-refractivity contribution in [2.45, 2.75) is 39.8 Å². The lowest BCUT2D eigenvalue weighted by atomic mass is 10.1. The van der Waals surface area contributed by atoms with Crippen LogP contribution >= 0.6 is 0 Å². The molecule has 1 rings (SSSR count). The Kier molecular flexibility index (Phi) is 6.52. The van der Waals surface area contributed by atoms with E-state index in [1.807, 2.05) is 38.1 Å². The van der Waals surface area contributed by atoms with Gasteiger partial charge in [0, 0.05) is 0 Å². The highest BCUT2D eigenvalue weighted by Gasteiger charge is 2.21. The molecule has 1 aromatic rings. The summed E-state index contributed by atoms with van der Waals surface area (Å²) in [6, 6.07) is 7.11. The molecular weight excluding hydrogens is 254 g/mol. The van der Waals surface area contributed by atoms with Crippen molar-refractivity contribution in [3.8, 4) is 5.75 Å². The van der Waals surface area contributed by atoms with Crippen molar-refractivity contribution >= 4 is 5.97 Å². The van der Waals surface area contributed by atoms with Gasteiger partial charge in [-0.1, -0.05) is 26.0 Å². The summed E-state index contributed by atoms with van der Waals surface area (Å²) in [7, 11) is 1.41. The number of benzene rings is 1. The minimum Gasteiger partial charge on any atom is -0.491 e. The SMILES string of the molecule is COC(=O)C(NCC(C)C)c1ccc(OC(C)C)cc1. The minimum absolute atomic E-state index is 0.135. The zero-order chi connectivity index (χ0) is 15.1. The van der Waals surface area contributed by atoms with Gasteiger partial charge >= 0.3 is 5.97 Å². The Bertz CT molecular complexity index is 412. The van der Waals surface area contributed by atoms with Crippen molar-refractivity contribution in [2.24, 2.45) is 5.92 Å². The van der Waals surface area contributed by atoms with Gasteiger partial charge in [-0.05, 0) is 44.0 Å². The van der Waals surface area contributed by atoms with Gasteiger partial charge in [0.1, 0.15) is 11.8 Å². The third-order valence-electron chi connectivity index (χ3n) is 2.75. The normalized spacial score (nSPS) is 12.6. The monoisotopic (exact) mass is 279 g/mol. The Morgan fingerprint density at radius 2 is 1.75 bits per heavy atom. The Balaban J connectivity index is 2.82. The molecule has 0 amide bonds. The van der Waals surface area contributed by atoms with Crippen molar-refractivity contribution in [1.29, 1.82) is 0 Å². The minimum atomic E-state index is -0.435. The summed E-state index contributed by atoms with van der Waals surface area (Å²) in [6.45, 7) is 8.91. The molecule has 0 spiro atoms. The summed E-state index contributed by atoms with van der Waals surface area (Å²) in [6.07, 6.45) is 0.135. The number of esters is 1. The van der Waals surface area contributed by atoms with Gasteiger partial charge in [-0.15, -0.1) is 0 Å². The van der Waals surface area contributed by atoms with Crippen LogP contribution in [0.5, 0.6) is 5.75 Å². The maximum atomic E-state index is 11.9. The van der Waals surface area contributed by atoms with Crippen LogP contribution in [-0.2, 0) is 9.53 Å². The fourth-order valence-electron chi connectivity index (χ4n) is 1.82. The van der Waals surface area contributed by atoms with E-state index in [-0.39, 0.29) is 12.1 Å². The van der Waals surface area contributed by atoms with Crippen LogP contribution < -0.4 is 10.1 Å². The van der Waals surface area contributed by atoms with Gasteiger partial charge in [-0.2, -0.15) is 0 Å². The summed E-state index contributed by atoms with van der Waals surface area (Å²) < 4.78 is 10.5. The van der Waals surface area contributed by atoms with Crippen LogP contribution in [0, 0.1) is 5.92 Å². The van der Waals surface area contributed by atoms with E-state index >= 15 is 0 Å². The molecule has 0 aliphatic rings. The number of methoxy groups -OCH3 is 1. The number of hydrogen-bond donors (Lipinski definition) is 1. The van der Waals surface area contributed by atoms with Gasteiger partial charge < -0.3 is 14.8 Å². The van der Waals surface area contributed by atoms with Crippen molar-refractivity contribution < 1.29 is 14.3 Å². The number of ether oxygens (including phenoxy) is 2. The number of nitrogens with one attached hydrogen (secondary N) is 1. The topological polar surface area (TPSA) is 47.6 Å². The van der Waals surface area contributed by atoms with E-state index < -0.39 is 6.04 Å².